The minimum absolute atomic E-state index is 0.228. The molecule has 1 heterocycles. The number of hydrogen-bond donors (Lipinski definition) is 1. The molecule has 1 aromatic rings. The van der Waals surface area contributed by atoms with Crippen molar-refractivity contribution in [2.24, 2.45) is 0 Å². The van der Waals surface area contributed by atoms with E-state index in [4.69, 9.17) is 4.74 Å². The van der Waals surface area contributed by atoms with Gasteiger partial charge in [-0.15, -0.1) is 11.3 Å². The lowest BCUT2D eigenvalue weighted by Crippen LogP contribution is -2.31. The summed E-state index contributed by atoms with van der Waals surface area (Å²) in [6.45, 7) is 10.2. The summed E-state index contributed by atoms with van der Waals surface area (Å²) in [4.78, 5) is 16.4. The first kappa shape index (κ1) is 16.0. The summed E-state index contributed by atoms with van der Waals surface area (Å²) in [5.41, 5.74) is 0.0719. The second-order valence-electron chi connectivity index (χ2n) is 5.22. The molecular weight excluding hydrogens is 260 g/mol. The van der Waals surface area contributed by atoms with E-state index in [1.165, 1.54) is 11.3 Å². The first-order chi connectivity index (χ1) is 8.91. The Bertz CT molecular complexity index is 415. The first-order valence-electron chi connectivity index (χ1n) is 6.81. The third kappa shape index (κ3) is 4.20. The Kier molecular flexibility index (Phi) is 5.79. The second-order valence-corrected chi connectivity index (χ2v) is 6.08. The molecule has 4 nitrogen and oxygen atoms in total. The van der Waals surface area contributed by atoms with Crippen LogP contribution in [0.4, 0.5) is 5.13 Å². The van der Waals surface area contributed by atoms with Crippen LogP contribution in [0.5, 0.6) is 0 Å². The smallest absolute Gasteiger partial charge is 0.317 e. The molecule has 1 unspecified atom stereocenters. The van der Waals surface area contributed by atoms with Gasteiger partial charge in [0.15, 0.2) is 5.13 Å². The zero-order valence-corrected chi connectivity index (χ0v) is 13.3. The number of anilines is 1. The number of thiazole rings is 1. The summed E-state index contributed by atoms with van der Waals surface area (Å²) in [7, 11) is 0. The Balaban J connectivity index is 2.75. The van der Waals surface area contributed by atoms with Gasteiger partial charge in [-0.25, -0.2) is 4.98 Å². The molecule has 1 N–H and O–H groups in total. The van der Waals surface area contributed by atoms with Crippen LogP contribution in [-0.4, -0.2) is 23.6 Å². The van der Waals surface area contributed by atoms with Gasteiger partial charge in [0.2, 0.25) is 0 Å². The second kappa shape index (κ2) is 6.89. The van der Waals surface area contributed by atoms with Crippen LogP contribution in [0.1, 0.15) is 53.2 Å². The lowest BCUT2D eigenvalue weighted by molar-refractivity contribution is -0.148. The Hall–Kier alpha value is -1.10. The van der Waals surface area contributed by atoms with E-state index in [1.54, 1.807) is 0 Å². The highest BCUT2D eigenvalue weighted by atomic mass is 32.1. The van der Waals surface area contributed by atoms with E-state index < -0.39 is 5.41 Å². The van der Waals surface area contributed by atoms with Crippen LogP contribution < -0.4 is 5.32 Å². The van der Waals surface area contributed by atoms with Crippen molar-refractivity contribution in [3.05, 3.63) is 11.1 Å². The van der Waals surface area contributed by atoms with Crippen molar-refractivity contribution < 1.29 is 9.53 Å². The Morgan fingerprint density at radius 1 is 1.53 bits per heavy atom. The molecule has 0 aromatic carbocycles. The van der Waals surface area contributed by atoms with Gasteiger partial charge in [0, 0.05) is 11.4 Å². The van der Waals surface area contributed by atoms with Gasteiger partial charge in [-0.1, -0.05) is 13.3 Å². The highest BCUT2D eigenvalue weighted by molar-refractivity contribution is 7.13. The van der Waals surface area contributed by atoms with Crippen LogP contribution in [0.3, 0.4) is 0 Å². The number of rotatable bonds is 7. The van der Waals surface area contributed by atoms with Crippen molar-refractivity contribution in [3.63, 3.8) is 0 Å². The lowest BCUT2D eigenvalue weighted by atomic mass is 9.90. The molecule has 1 rings (SSSR count). The number of carbonyl (C=O) groups excluding carboxylic acids is 1. The average molecular weight is 284 g/mol. The molecule has 0 aliphatic carbocycles. The van der Waals surface area contributed by atoms with Gasteiger partial charge in [-0.05, 0) is 34.1 Å². The number of hydrogen-bond acceptors (Lipinski definition) is 5. The number of esters is 1. The van der Waals surface area contributed by atoms with Gasteiger partial charge in [0.05, 0.1) is 12.3 Å². The average Bonchev–Trinajstić information content (AvgIpc) is 2.78. The molecule has 0 fully saturated rings. The maximum atomic E-state index is 11.9. The fraction of sp³-hybridized carbons (Fsp3) is 0.714. The van der Waals surface area contributed by atoms with Gasteiger partial charge in [-0.2, -0.15) is 0 Å². The van der Waals surface area contributed by atoms with Crippen LogP contribution in [0.2, 0.25) is 0 Å². The zero-order chi connectivity index (χ0) is 14.5. The number of nitrogens with one attached hydrogen (secondary N) is 1. The third-order valence-corrected chi connectivity index (χ3v) is 3.80. The van der Waals surface area contributed by atoms with Crippen molar-refractivity contribution in [1.29, 1.82) is 0 Å². The highest BCUT2D eigenvalue weighted by Crippen LogP contribution is 2.28. The van der Waals surface area contributed by atoms with Crippen molar-refractivity contribution >= 4 is 22.4 Å². The molecule has 0 aliphatic rings. The van der Waals surface area contributed by atoms with E-state index in [1.807, 2.05) is 26.2 Å². The SMILES string of the molecule is CCCC(C)Nc1nc(C(C)(C)C(=O)OCC)cs1. The Morgan fingerprint density at radius 3 is 2.79 bits per heavy atom. The molecule has 5 heteroatoms. The minimum atomic E-state index is -0.694. The number of carbonyl (C=O) groups is 1. The molecule has 19 heavy (non-hydrogen) atoms. The molecule has 0 bridgehead atoms. The molecule has 0 radical (unpaired) electrons. The van der Waals surface area contributed by atoms with E-state index in [0.717, 1.165) is 23.7 Å². The molecule has 0 aliphatic heterocycles. The fourth-order valence-corrected chi connectivity index (χ4v) is 2.75. The number of nitrogens with zero attached hydrogens (tertiary/aromatic N) is 1. The standard InChI is InChI=1S/C14H24N2O2S/c1-6-8-10(3)15-13-16-11(9-19-13)14(4,5)12(17)18-7-2/h9-10H,6-8H2,1-5H3,(H,15,16). The van der Waals surface area contributed by atoms with Crippen LogP contribution >= 0.6 is 11.3 Å². The molecule has 108 valence electrons. The maximum Gasteiger partial charge on any atom is 0.317 e. The monoisotopic (exact) mass is 284 g/mol. The van der Waals surface area contributed by atoms with Crippen LogP contribution in [0, 0.1) is 0 Å². The maximum absolute atomic E-state index is 11.9. The number of aromatic nitrogens is 1. The summed E-state index contributed by atoms with van der Waals surface area (Å²) in [6, 6.07) is 0.398. The van der Waals surface area contributed by atoms with Crippen LogP contribution in [0.15, 0.2) is 5.38 Å². The predicted molar refractivity (Wildman–Crippen MR) is 79.8 cm³/mol. The van der Waals surface area contributed by atoms with Crippen molar-refractivity contribution in [1.82, 2.24) is 4.98 Å². The summed E-state index contributed by atoms with van der Waals surface area (Å²) in [6.07, 6.45) is 2.25. The highest BCUT2D eigenvalue weighted by Gasteiger charge is 2.33. The van der Waals surface area contributed by atoms with Gasteiger partial charge < -0.3 is 10.1 Å². The summed E-state index contributed by atoms with van der Waals surface area (Å²) < 4.78 is 5.10. The van der Waals surface area contributed by atoms with Gasteiger partial charge in [0.25, 0.3) is 0 Å². The topological polar surface area (TPSA) is 51.2 Å². The first-order valence-corrected chi connectivity index (χ1v) is 7.69. The normalized spacial score (nSPS) is 13.1. The predicted octanol–water partition coefficient (Wildman–Crippen LogP) is 3.58. The van der Waals surface area contributed by atoms with E-state index in [2.05, 4.69) is 24.1 Å². The largest absolute Gasteiger partial charge is 0.465 e. The van der Waals surface area contributed by atoms with Gasteiger partial charge >= 0.3 is 5.97 Å². The van der Waals surface area contributed by atoms with Crippen LogP contribution in [-0.2, 0) is 14.9 Å². The van der Waals surface area contributed by atoms with E-state index in [0.29, 0.717) is 12.6 Å². The van der Waals surface area contributed by atoms with Crippen molar-refractivity contribution in [2.75, 3.05) is 11.9 Å². The molecule has 1 atom stereocenters. The summed E-state index contributed by atoms with van der Waals surface area (Å²) in [5.74, 6) is -0.228. The molecular formula is C14H24N2O2S. The van der Waals surface area contributed by atoms with E-state index in [-0.39, 0.29) is 5.97 Å². The molecule has 0 saturated carbocycles. The Morgan fingerprint density at radius 2 is 2.21 bits per heavy atom. The molecule has 0 amide bonds. The van der Waals surface area contributed by atoms with Gasteiger partial charge in [-0.3, -0.25) is 4.79 Å². The fourth-order valence-electron chi connectivity index (χ4n) is 1.76. The van der Waals surface area contributed by atoms with E-state index >= 15 is 0 Å². The minimum Gasteiger partial charge on any atom is -0.465 e. The summed E-state index contributed by atoms with van der Waals surface area (Å²) >= 11 is 1.54. The molecule has 1 aromatic heterocycles. The lowest BCUT2D eigenvalue weighted by Gasteiger charge is -2.19. The third-order valence-electron chi connectivity index (χ3n) is 3.02. The van der Waals surface area contributed by atoms with Crippen molar-refractivity contribution in [3.8, 4) is 0 Å². The molecule has 0 spiro atoms. The van der Waals surface area contributed by atoms with Gasteiger partial charge in [0.1, 0.15) is 5.41 Å². The van der Waals surface area contributed by atoms with E-state index in [9.17, 15) is 4.79 Å². The summed E-state index contributed by atoms with van der Waals surface area (Å²) in [5, 5.41) is 6.16. The quantitative estimate of drug-likeness (QED) is 0.777. The molecule has 0 saturated heterocycles. The Labute approximate surface area is 119 Å². The number of ether oxygens (including phenoxy) is 1. The van der Waals surface area contributed by atoms with Crippen molar-refractivity contribution in [2.45, 2.75) is 58.9 Å². The zero-order valence-electron chi connectivity index (χ0n) is 12.4. The van der Waals surface area contributed by atoms with Crippen LogP contribution in [0.25, 0.3) is 0 Å².